The number of nitrogens with one attached hydrogen (secondary N) is 1. The summed E-state index contributed by atoms with van der Waals surface area (Å²) in [4.78, 5) is 11.7. The second-order valence-corrected chi connectivity index (χ2v) is 5.38. The van der Waals surface area contributed by atoms with Crippen LogP contribution in [0.15, 0.2) is 16.8 Å². The second-order valence-electron chi connectivity index (χ2n) is 4.60. The minimum atomic E-state index is 0.181. The molecule has 0 aliphatic carbocycles. The van der Waals surface area contributed by atoms with Crippen LogP contribution in [0.25, 0.3) is 0 Å². The highest BCUT2D eigenvalue weighted by atomic mass is 32.1. The van der Waals surface area contributed by atoms with Gasteiger partial charge in [-0.1, -0.05) is 26.2 Å². The van der Waals surface area contributed by atoms with E-state index in [-0.39, 0.29) is 5.91 Å². The van der Waals surface area contributed by atoms with Gasteiger partial charge in [0.2, 0.25) is 5.91 Å². The Morgan fingerprint density at radius 3 is 2.94 bits per heavy atom. The highest BCUT2D eigenvalue weighted by Crippen LogP contribution is 2.08. The molecule has 0 aliphatic rings. The molecule has 0 aromatic carbocycles. The van der Waals surface area contributed by atoms with Crippen molar-refractivity contribution in [2.24, 2.45) is 0 Å². The van der Waals surface area contributed by atoms with Crippen LogP contribution in [0.2, 0.25) is 0 Å². The molecular formula is C14H23NOS. The topological polar surface area (TPSA) is 29.1 Å². The molecule has 1 N–H and O–H groups in total. The van der Waals surface area contributed by atoms with Crippen molar-refractivity contribution in [1.82, 2.24) is 5.32 Å². The Labute approximate surface area is 108 Å². The van der Waals surface area contributed by atoms with Crippen LogP contribution in [0.4, 0.5) is 0 Å². The third-order valence-electron chi connectivity index (χ3n) is 2.87. The number of rotatable bonds is 8. The molecule has 0 spiro atoms. The van der Waals surface area contributed by atoms with E-state index >= 15 is 0 Å². The Hall–Kier alpha value is -0.830. The van der Waals surface area contributed by atoms with Gasteiger partial charge in [-0.15, -0.1) is 0 Å². The zero-order chi connectivity index (χ0) is 12.5. The van der Waals surface area contributed by atoms with E-state index in [9.17, 15) is 4.79 Å². The van der Waals surface area contributed by atoms with Crippen LogP contribution in [-0.2, 0) is 11.2 Å². The van der Waals surface area contributed by atoms with Crippen molar-refractivity contribution in [2.45, 2.75) is 58.4 Å². The largest absolute Gasteiger partial charge is 0.354 e. The number of carbonyl (C=O) groups excluding carboxylic acids is 1. The Bertz CT molecular complexity index is 308. The zero-order valence-electron chi connectivity index (χ0n) is 10.9. The number of thiophene rings is 1. The summed E-state index contributed by atoms with van der Waals surface area (Å²) in [5.74, 6) is 0.181. The maximum Gasteiger partial charge on any atom is 0.220 e. The summed E-state index contributed by atoms with van der Waals surface area (Å²) in [6, 6.07) is 2.40. The Kier molecular flexibility index (Phi) is 6.94. The number of amides is 1. The molecule has 96 valence electrons. The van der Waals surface area contributed by atoms with Crippen LogP contribution < -0.4 is 5.32 Å². The lowest BCUT2D eigenvalue weighted by Crippen LogP contribution is -2.32. The second kappa shape index (κ2) is 8.29. The molecule has 1 atom stereocenters. The van der Waals surface area contributed by atoms with E-state index in [2.05, 4.69) is 36.0 Å². The first-order chi connectivity index (χ1) is 8.22. The van der Waals surface area contributed by atoms with Crippen LogP contribution in [0.1, 0.15) is 51.5 Å². The predicted molar refractivity (Wildman–Crippen MR) is 74.4 cm³/mol. The van der Waals surface area contributed by atoms with Crippen molar-refractivity contribution in [1.29, 1.82) is 0 Å². The average Bonchev–Trinajstić information content (AvgIpc) is 2.79. The molecule has 3 heteroatoms. The summed E-state index contributed by atoms with van der Waals surface area (Å²) in [5.41, 5.74) is 1.27. The molecule has 1 rings (SSSR count). The first-order valence-corrected chi connectivity index (χ1v) is 7.47. The number of hydrogen-bond acceptors (Lipinski definition) is 2. The molecule has 0 aliphatic heterocycles. The first-order valence-electron chi connectivity index (χ1n) is 6.52. The molecule has 0 saturated heterocycles. The van der Waals surface area contributed by atoms with E-state index in [1.54, 1.807) is 11.3 Å². The van der Waals surface area contributed by atoms with E-state index in [4.69, 9.17) is 0 Å². The molecule has 1 heterocycles. The molecule has 0 fully saturated rings. The maximum absolute atomic E-state index is 11.7. The lowest BCUT2D eigenvalue weighted by atomic mass is 10.1. The van der Waals surface area contributed by atoms with Gasteiger partial charge in [-0.25, -0.2) is 0 Å². The van der Waals surface area contributed by atoms with Gasteiger partial charge in [0.25, 0.3) is 0 Å². The van der Waals surface area contributed by atoms with Gasteiger partial charge in [-0.2, -0.15) is 11.3 Å². The number of aryl methyl sites for hydroxylation is 1. The van der Waals surface area contributed by atoms with E-state index in [0.717, 1.165) is 12.8 Å². The number of unbranched alkanes of at least 4 members (excludes halogenated alkanes) is 2. The Morgan fingerprint density at radius 1 is 1.47 bits per heavy atom. The highest BCUT2D eigenvalue weighted by Gasteiger charge is 2.07. The van der Waals surface area contributed by atoms with E-state index in [1.807, 2.05) is 0 Å². The van der Waals surface area contributed by atoms with Crippen LogP contribution in [0, 0.1) is 0 Å². The van der Waals surface area contributed by atoms with Gasteiger partial charge in [0.15, 0.2) is 0 Å². The quantitative estimate of drug-likeness (QED) is 0.702. The SMILES string of the molecule is CCCCCC(C)NC(=O)CCc1ccsc1. The maximum atomic E-state index is 11.7. The lowest BCUT2D eigenvalue weighted by Gasteiger charge is -2.13. The van der Waals surface area contributed by atoms with Gasteiger partial charge in [-0.05, 0) is 42.2 Å². The zero-order valence-corrected chi connectivity index (χ0v) is 11.7. The molecule has 0 radical (unpaired) electrons. The normalized spacial score (nSPS) is 12.4. The minimum absolute atomic E-state index is 0.181. The van der Waals surface area contributed by atoms with E-state index < -0.39 is 0 Å². The average molecular weight is 253 g/mol. The molecule has 1 amide bonds. The molecule has 0 saturated carbocycles. The van der Waals surface area contributed by atoms with Crippen molar-refractivity contribution in [3.63, 3.8) is 0 Å². The fourth-order valence-corrected chi connectivity index (χ4v) is 2.52. The van der Waals surface area contributed by atoms with Gasteiger partial charge in [0.1, 0.15) is 0 Å². The third-order valence-corrected chi connectivity index (χ3v) is 3.60. The lowest BCUT2D eigenvalue weighted by molar-refractivity contribution is -0.121. The summed E-state index contributed by atoms with van der Waals surface area (Å²) in [7, 11) is 0. The van der Waals surface area contributed by atoms with Crippen LogP contribution in [0.3, 0.4) is 0 Å². The molecule has 17 heavy (non-hydrogen) atoms. The smallest absolute Gasteiger partial charge is 0.220 e. The van der Waals surface area contributed by atoms with Gasteiger partial charge >= 0.3 is 0 Å². The van der Waals surface area contributed by atoms with E-state index in [1.165, 1.54) is 24.8 Å². The van der Waals surface area contributed by atoms with Crippen molar-refractivity contribution in [3.05, 3.63) is 22.4 Å². The van der Waals surface area contributed by atoms with Crippen LogP contribution in [-0.4, -0.2) is 11.9 Å². The molecule has 1 unspecified atom stereocenters. The molecular weight excluding hydrogens is 230 g/mol. The fraction of sp³-hybridized carbons (Fsp3) is 0.643. The Morgan fingerprint density at radius 2 is 2.29 bits per heavy atom. The first kappa shape index (κ1) is 14.2. The molecule has 1 aromatic rings. The molecule has 1 aromatic heterocycles. The number of hydrogen-bond donors (Lipinski definition) is 1. The molecule has 2 nitrogen and oxygen atoms in total. The summed E-state index contributed by atoms with van der Waals surface area (Å²) < 4.78 is 0. The van der Waals surface area contributed by atoms with Crippen LogP contribution >= 0.6 is 11.3 Å². The van der Waals surface area contributed by atoms with Crippen molar-refractivity contribution < 1.29 is 4.79 Å². The van der Waals surface area contributed by atoms with Gasteiger partial charge in [-0.3, -0.25) is 4.79 Å². The van der Waals surface area contributed by atoms with Crippen molar-refractivity contribution in [3.8, 4) is 0 Å². The Balaban J connectivity index is 2.11. The van der Waals surface area contributed by atoms with Gasteiger partial charge in [0.05, 0.1) is 0 Å². The highest BCUT2D eigenvalue weighted by molar-refractivity contribution is 7.07. The summed E-state index contributed by atoms with van der Waals surface area (Å²) in [6.45, 7) is 4.29. The summed E-state index contributed by atoms with van der Waals surface area (Å²) in [5, 5.41) is 7.23. The van der Waals surface area contributed by atoms with Crippen LogP contribution in [0.5, 0.6) is 0 Å². The van der Waals surface area contributed by atoms with Crippen molar-refractivity contribution in [2.75, 3.05) is 0 Å². The third kappa shape index (κ3) is 6.47. The summed E-state index contributed by atoms with van der Waals surface area (Å²) >= 11 is 1.69. The van der Waals surface area contributed by atoms with E-state index in [0.29, 0.717) is 12.5 Å². The standard InChI is InChI=1S/C14H23NOS/c1-3-4-5-6-12(2)15-14(16)8-7-13-9-10-17-11-13/h9-12H,3-8H2,1-2H3,(H,15,16). The van der Waals surface area contributed by atoms with Gasteiger partial charge in [0, 0.05) is 12.5 Å². The minimum Gasteiger partial charge on any atom is -0.354 e. The van der Waals surface area contributed by atoms with Crippen molar-refractivity contribution >= 4 is 17.2 Å². The fourth-order valence-electron chi connectivity index (χ4n) is 1.81. The van der Waals surface area contributed by atoms with Gasteiger partial charge < -0.3 is 5.32 Å². The summed E-state index contributed by atoms with van der Waals surface area (Å²) in [6.07, 6.45) is 6.26. The predicted octanol–water partition coefficient (Wildman–Crippen LogP) is 3.77. The number of carbonyl (C=O) groups is 1. The monoisotopic (exact) mass is 253 g/mol. The molecule has 0 bridgehead atoms.